The molecule has 1 aromatic heterocycles. The van der Waals surface area contributed by atoms with Crippen LogP contribution in [-0.4, -0.2) is 4.98 Å². The van der Waals surface area contributed by atoms with Crippen molar-refractivity contribution in [3.8, 4) is 0 Å². The minimum Gasteiger partial charge on any atom is -0.399 e. The molecular weight excluding hydrogens is 206 g/mol. The molecule has 0 amide bonds. The molecule has 0 fully saturated rings. The molecule has 0 aliphatic rings. The maximum atomic E-state index is 5.84. The van der Waals surface area contributed by atoms with Crippen LogP contribution < -0.4 is 11.5 Å². The fraction of sp³-hybridized carbons (Fsp3) is 0.182. The van der Waals surface area contributed by atoms with E-state index in [2.05, 4.69) is 11.1 Å². The molecule has 4 N–H and O–H groups in total. The molecule has 0 aliphatic carbocycles. The monoisotopic (exact) mass is 219 g/mol. The minimum absolute atomic E-state index is 0.616. The molecule has 0 saturated carbocycles. The molecule has 0 bridgehead atoms. The van der Waals surface area contributed by atoms with Gasteiger partial charge in [-0.25, -0.2) is 4.98 Å². The molecule has 2 rings (SSSR count). The Kier molecular flexibility index (Phi) is 2.60. The summed E-state index contributed by atoms with van der Waals surface area (Å²) in [6, 6.07) is 6.13. The Morgan fingerprint density at radius 1 is 1.33 bits per heavy atom. The normalized spacial score (nSPS) is 10.5. The second-order valence-electron chi connectivity index (χ2n) is 3.53. The molecule has 0 saturated heterocycles. The highest BCUT2D eigenvalue weighted by atomic mass is 32.1. The van der Waals surface area contributed by atoms with E-state index in [9.17, 15) is 0 Å². The number of benzene rings is 1. The van der Waals surface area contributed by atoms with Gasteiger partial charge in [0.1, 0.15) is 0 Å². The van der Waals surface area contributed by atoms with E-state index in [0.717, 1.165) is 22.5 Å². The Labute approximate surface area is 92.8 Å². The molecule has 1 heterocycles. The van der Waals surface area contributed by atoms with Crippen LogP contribution in [0.4, 0.5) is 10.8 Å². The van der Waals surface area contributed by atoms with Crippen molar-refractivity contribution in [3.63, 3.8) is 0 Å². The van der Waals surface area contributed by atoms with Crippen LogP contribution in [0.3, 0.4) is 0 Å². The van der Waals surface area contributed by atoms with Gasteiger partial charge in [0, 0.05) is 23.2 Å². The van der Waals surface area contributed by atoms with E-state index < -0.39 is 0 Å². The van der Waals surface area contributed by atoms with Crippen LogP contribution in [0.25, 0.3) is 0 Å². The minimum atomic E-state index is 0.616. The van der Waals surface area contributed by atoms with Gasteiger partial charge < -0.3 is 11.5 Å². The van der Waals surface area contributed by atoms with Gasteiger partial charge in [0.15, 0.2) is 5.13 Å². The van der Waals surface area contributed by atoms with Crippen molar-refractivity contribution < 1.29 is 0 Å². The van der Waals surface area contributed by atoms with Crippen molar-refractivity contribution in [3.05, 3.63) is 40.4 Å². The standard InChI is InChI=1S/C11H13N3S/c1-7-2-3-8(5-10(7)12)4-9-6-14-11(13)15-9/h2-3,5-6H,4,12H2,1H3,(H2,13,14). The lowest BCUT2D eigenvalue weighted by molar-refractivity contribution is 1.21. The Balaban J connectivity index is 2.21. The Morgan fingerprint density at radius 3 is 2.73 bits per heavy atom. The molecule has 2 aromatic rings. The molecule has 78 valence electrons. The summed E-state index contributed by atoms with van der Waals surface area (Å²) in [6.07, 6.45) is 2.66. The number of thiazole rings is 1. The van der Waals surface area contributed by atoms with Crippen LogP contribution in [0.2, 0.25) is 0 Å². The van der Waals surface area contributed by atoms with Gasteiger partial charge in [0.2, 0.25) is 0 Å². The third-order valence-corrected chi connectivity index (χ3v) is 3.12. The zero-order valence-corrected chi connectivity index (χ0v) is 9.34. The average molecular weight is 219 g/mol. The third-order valence-electron chi connectivity index (χ3n) is 2.29. The van der Waals surface area contributed by atoms with Crippen LogP contribution in [0.1, 0.15) is 16.0 Å². The zero-order valence-electron chi connectivity index (χ0n) is 8.53. The molecule has 1 aromatic carbocycles. The van der Waals surface area contributed by atoms with Crippen LogP contribution >= 0.6 is 11.3 Å². The van der Waals surface area contributed by atoms with E-state index in [-0.39, 0.29) is 0 Å². The molecule has 0 radical (unpaired) electrons. The van der Waals surface area contributed by atoms with Gasteiger partial charge in [0.25, 0.3) is 0 Å². The highest BCUT2D eigenvalue weighted by Gasteiger charge is 2.02. The summed E-state index contributed by atoms with van der Waals surface area (Å²) in [6.45, 7) is 2.00. The molecule has 4 heteroatoms. The molecule has 0 spiro atoms. The fourth-order valence-corrected chi connectivity index (χ4v) is 2.12. The fourth-order valence-electron chi connectivity index (χ4n) is 1.41. The first kappa shape index (κ1) is 9.98. The van der Waals surface area contributed by atoms with E-state index in [1.807, 2.05) is 25.3 Å². The summed E-state index contributed by atoms with van der Waals surface area (Å²) in [4.78, 5) is 5.18. The summed E-state index contributed by atoms with van der Waals surface area (Å²) in [5.74, 6) is 0. The molecular formula is C11H13N3S. The number of aryl methyl sites for hydroxylation is 1. The summed E-state index contributed by atoms with van der Waals surface area (Å²) in [5, 5.41) is 0.616. The van der Waals surface area contributed by atoms with Crippen LogP contribution in [-0.2, 0) is 6.42 Å². The smallest absolute Gasteiger partial charge is 0.180 e. The SMILES string of the molecule is Cc1ccc(Cc2cnc(N)s2)cc1N. The topological polar surface area (TPSA) is 64.9 Å². The van der Waals surface area contributed by atoms with Crippen LogP contribution in [0.15, 0.2) is 24.4 Å². The zero-order chi connectivity index (χ0) is 10.8. The number of nitrogens with two attached hydrogens (primary N) is 2. The van der Waals surface area contributed by atoms with Gasteiger partial charge >= 0.3 is 0 Å². The Hall–Kier alpha value is -1.55. The van der Waals surface area contributed by atoms with Crippen molar-refractivity contribution in [2.45, 2.75) is 13.3 Å². The van der Waals surface area contributed by atoms with E-state index in [4.69, 9.17) is 11.5 Å². The lowest BCUT2D eigenvalue weighted by atomic mass is 10.1. The second-order valence-corrected chi connectivity index (χ2v) is 4.68. The quantitative estimate of drug-likeness (QED) is 0.761. The van der Waals surface area contributed by atoms with E-state index in [0.29, 0.717) is 5.13 Å². The van der Waals surface area contributed by atoms with Gasteiger partial charge in [0.05, 0.1) is 0 Å². The first-order chi connectivity index (χ1) is 7.15. The van der Waals surface area contributed by atoms with Crippen molar-refractivity contribution in [1.29, 1.82) is 0 Å². The van der Waals surface area contributed by atoms with Crippen LogP contribution in [0.5, 0.6) is 0 Å². The van der Waals surface area contributed by atoms with E-state index >= 15 is 0 Å². The highest BCUT2D eigenvalue weighted by molar-refractivity contribution is 7.15. The maximum Gasteiger partial charge on any atom is 0.180 e. The number of hydrogen-bond acceptors (Lipinski definition) is 4. The van der Waals surface area contributed by atoms with Gasteiger partial charge in [-0.15, -0.1) is 11.3 Å². The summed E-state index contributed by atoms with van der Waals surface area (Å²) < 4.78 is 0. The van der Waals surface area contributed by atoms with Crippen LogP contribution in [0, 0.1) is 6.92 Å². The Morgan fingerprint density at radius 2 is 2.13 bits per heavy atom. The molecule has 0 atom stereocenters. The van der Waals surface area contributed by atoms with Crippen molar-refractivity contribution in [2.24, 2.45) is 0 Å². The van der Waals surface area contributed by atoms with Gasteiger partial charge in [-0.05, 0) is 24.1 Å². The van der Waals surface area contributed by atoms with Crippen molar-refractivity contribution in [2.75, 3.05) is 11.5 Å². The lowest BCUT2D eigenvalue weighted by Gasteiger charge is -2.03. The predicted molar refractivity (Wildman–Crippen MR) is 64.9 cm³/mol. The second kappa shape index (κ2) is 3.90. The number of aromatic nitrogens is 1. The van der Waals surface area contributed by atoms with Gasteiger partial charge in [-0.3, -0.25) is 0 Å². The van der Waals surface area contributed by atoms with Crippen molar-refractivity contribution >= 4 is 22.2 Å². The third kappa shape index (κ3) is 2.27. The number of nitrogens with zero attached hydrogens (tertiary/aromatic N) is 1. The number of rotatable bonds is 2. The maximum absolute atomic E-state index is 5.84. The van der Waals surface area contributed by atoms with E-state index in [1.54, 1.807) is 0 Å². The first-order valence-corrected chi connectivity index (χ1v) is 5.52. The van der Waals surface area contributed by atoms with Gasteiger partial charge in [-0.1, -0.05) is 12.1 Å². The number of hydrogen-bond donors (Lipinski definition) is 2. The predicted octanol–water partition coefficient (Wildman–Crippen LogP) is 2.21. The number of anilines is 2. The molecule has 3 nitrogen and oxygen atoms in total. The lowest BCUT2D eigenvalue weighted by Crippen LogP contribution is -1.92. The van der Waals surface area contributed by atoms with E-state index in [1.165, 1.54) is 16.9 Å². The number of nitrogen functional groups attached to an aromatic ring is 2. The molecule has 0 unspecified atom stereocenters. The molecule has 0 aliphatic heterocycles. The molecule has 15 heavy (non-hydrogen) atoms. The Bertz CT molecular complexity index is 476. The van der Waals surface area contributed by atoms with Gasteiger partial charge in [-0.2, -0.15) is 0 Å². The summed E-state index contributed by atoms with van der Waals surface area (Å²) in [5.41, 5.74) is 14.6. The summed E-state index contributed by atoms with van der Waals surface area (Å²) in [7, 11) is 0. The largest absolute Gasteiger partial charge is 0.399 e. The average Bonchev–Trinajstić information content (AvgIpc) is 2.58. The first-order valence-electron chi connectivity index (χ1n) is 4.70. The van der Waals surface area contributed by atoms with Crippen molar-refractivity contribution in [1.82, 2.24) is 4.98 Å². The summed E-state index contributed by atoms with van der Waals surface area (Å²) >= 11 is 1.52. The highest BCUT2D eigenvalue weighted by Crippen LogP contribution is 2.20.